The van der Waals surface area contributed by atoms with E-state index in [1.54, 1.807) is 6.07 Å². The van der Waals surface area contributed by atoms with Crippen LogP contribution in [0.25, 0.3) is 10.9 Å². The van der Waals surface area contributed by atoms with Gasteiger partial charge in [-0.2, -0.15) is 4.68 Å². The molecular weight excluding hydrogens is 346 g/mol. The Kier molecular flexibility index (Phi) is 2.70. The van der Waals surface area contributed by atoms with Crippen LogP contribution in [0.3, 0.4) is 0 Å². The largest absolute Gasteiger partial charge is 0.334 e. The molecule has 2 aromatic rings. The summed E-state index contributed by atoms with van der Waals surface area (Å²) in [5.74, 6) is 5.49. The maximum Gasteiger partial charge on any atom is 0.280 e. The number of nitrogens with two attached hydrogens (primary N) is 1. The third-order valence-corrected chi connectivity index (χ3v) is 3.34. The standard InChI is InChI=1S/C8H5Br2N3OS/c9-3-1-4-6(5(10)2-3)12-8(15)13(11)7(4)14/h1-2H,11H2,(H,12,15). The van der Waals surface area contributed by atoms with Crippen molar-refractivity contribution >= 4 is 55.0 Å². The lowest BCUT2D eigenvalue weighted by atomic mass is 10.2. The third-order valence-electron chi connectivity index (χ3n) is 1.95. The number of nitrogens with one attached hydrogen (secondary N) is 1. The molecule has 0 bridgehead atoms. The van der Waals surface area contributed by atoms with Crippen LogP contribution in [0.2, 0.25) is 0 Å². The number of halogens is 2. The van der Waals surface area contributed by atoms with Crippen LogP contribution in [0.5, 0.6) is 0 Å². The number of hydrogen-bond acceptors (Lipinski definition) is 3. The first kappa shape index (κ1) is 10.8. The van der Waals surface area contributed by atoms with Gasteiger partial charge in [-0.05, 0) is 40.3 Å². The van der Waals surface area contributed by atoms with Crippen molar-refractivity contribution in [3.8, 4) is 0 Å². The molecule has 1 aromatic heterocycles. The molecule has 0 radical (unpaired) electrons. The molecular formula is C8H5Br2N3OS. The average Bonchev–Trinajstić information content (AvgIpc) is 2.17. The van der Waals surface area contributed by atoms with Gasteiger partial charge in [-0.3, -0.25) is 4.79 Å². The van der Waals surface area contributed by atoms with Gasteiger partial charge in [0.15, 0.2) is 4.77 Å². The van der Waals surface area contributed by atoms with E-state index in [9.17, 15) is 4.79 Å². The van der Waals surface area contributed by atoms with Crippen LogP contribution in [-0.2, 0) is 0 Å². The van der Waals surface area contributed by atoms with Crippen LogP contribution in [0, 0.1) is 4.77 Å². The second-order valence-corrected chi connectivity index (χ2v) is 5.07. The Morgan fingerprint density at radius 2 is 2.07 bits per heavy atom. The summed E-state index contributed by atoms with van der Waals surface area (Å²) in [5, 5.41) is 0.479. The zero-order valence-corrected chi connectivity index (χ0v) is 11.2. The minimum atomic E-state index is -0.323. The molecule has 78 valence electrons. The Balaban J connectivity index is 3.13. The zero-order chi connectivity index (χ0) is 11.2. The van der Waals surface area contributed by atoms with Gasteiger partial charge in [0, 0.05) is 8.95 Å². The van der Waals surface area contributed by atoms with Gasteiger partial charge < -0.3 is 10.8 Å². The molecule has 4 nitrogen and oxygen atoms in total. The van der Waals surface area contributed by atoms with E-state index in [4.69, 9.17) is 18.1 Å². The monoisotopic (exact) mass is 349 g/mol. The van der Waals surface area contributed by atoms with Crippen LogP contribution >= 0.6 is 44.1 Å². The van der Waals surface area contributed by atoms with Gasteiger partial charge in [0.1, 0.15) is 0 Å². The van der Waals surface area contributed by atoms with E-state index < -0.39 is 0 Å². The first-order chi connectivity index (χ1) is 7.00. The number of hydrogen-bond donors (Lipinski definition) is 2. The predicted molar refractivity (Wildman–Crippen MR) is 68.9 cm³/mol. The molecule has 7 heteroatoms. The lowest BCUT2D eigenvalue weighted by molar-refractivity contribution is 0.891. The van der Waals surface area contributed by atoms with E-state index >= 15 is 0 Å². The molecule has 15 heavy (non-hydrogen) atoms. The first-order valence-corrected chi connectivity index (χ1v) is 5.89. The molecule has 1 heterocycles. The van der Waals surface area contributed by atoms with E-state index in [2.05, 4.69) is 36.8 Å². The van der Waals surface area contributed by atoms with Crippen LogP contribution in [0.15, 0.2) is 25.9 Å². The number of nitrogen functional groups attached to an aromatic ring is 1. The molecule has 1 aromatic carbocycles. The van der Waals surface area contributed by atoms with Crippen molar-refractivity contribution in [3.05, 3.63) is 36.2 Å². The second kappa shape index (κ2) is 3.73. The van der Waals surface area contributed by atoms with Gasteiger partial charge in [0.2, 0.25) is 0 Å². The highest BCUT2D eigenvalue weighted by atomic mass is 79.9. The van der Waals surface area contributed by atoms with Crippen molar-refractivity contribution in [2.75, 3.05) is 5.84 Å². The van der Waals surface area contributed by atoms with E-state index in [-0.39, 0.29) is 10.3 Å². The molecule has 0 aliphatic heterocycles. The number of H-pyrrole nitrogens is 1. The number of aromatic amines is 1. The molecule has 0 aliphatic carbocycles. The van der Waals surface area contributed by atoms with Gasteiger partial charge in [-0.15, -0.1) is 0 Å². The van der Waals surface area contributed by atoms with Gasteiger partial charge in [0.05, 0.1) is 10.9 Å². The first-order valence-electron chi connectivity index (χ1n) is 3.90. The van der Waals surface area contributed by atoms with Crippen molar-refractivity contribution in [1.82, 2.24) is 9.66 Å². The summed E-state index contributed by atoms with van der Waals surface area (Å²) in [6, 6.07) is 3.52. The highest BCUT2D eigenvalue weighted by Crippen LogP contribution is 2.24. The fourth-order valence-electron chi connectivity index (χ4n) is 1.26. The molecule has 2 rings (SSSR count). The van der Waals surface area contributed by atoms with Crippen LogP contribution in [-0.4, -0.2) is 9.66 Å². The number of nitrogens with zero attached hydrogens (tertiary/aromatic N) is 1. The van der Waals surface area contributed by atoms with Crippen molar-refractivity contribution in [1.29, 1.82) is 0 Å². The van der Waals surface area contributed by atoms with Crippen molar-refractivity contribution < 1.29 is 0 Å². The van der Waals surface area contributed by atoms with Gasteiger partial charge in [-0.1, -0.05) is 15.9 Å². The number of benzene rings is 1. The van der Waals surface area contributed by atoms with E-state index in [1.165, 1.54) is 0 Å². The minimum Gasteiger partial charge on any atom is -0.334 e. The molecule has 0 amide bonds. The SMILES string of the molecule is Nn1c(=S)[nH]c2c(Br)cc(Br)cc2c1=O. The summed E-state index contributed by atoms with van der Waals surface area (Å²) in [5.41, 5.74) is 0.325. The van der Waals surface area contributed by atoms with Gasteiger partial charge in [0.25, 0.3) is 5.56 Å². The van der Waals surface area contributed by atoms with Crippen molar-refractivity contribution in [2.24, 2.45) is 0 Å². The average molecular weight is 351 g/mol. The molecule has 0 atom stereocenters. The zero-order valence-electron chi connectivity index (χ0n) is 7.25. The summed E-state index contributed by atoms with van der Waals surface area (Å²) in [6.07, 6.45) is 0. The smallest absolute Gasteiger partial charge is 0.280 e. The molecule has 0 unspecified atom stereocenters. The van der Waals surface area contributed by atoms with E-state index in [0.29, 0.717) is 10.9 Å². The van der Waals surface area contributed by atoms with Crippen LogP contribution in [0.4, 0.5) is 0 Å². The molecule has 0 saturated carbocycles. The van der Waals surface area contributed by atoms with Crippen LogP contribution < -0.4 is 11.4 Å². The summed E-state index contributed by atoms with van der Waals surface area (Å²) in [7, 11) is 0. The normalized spacial score (nSPS) is 10.8. The maximum absolute atomic E-state index is 11.8. The fraction of sp³-hybridized carbons (Fsp3) is 0. The summed E-state index contributed by atoms with van der Waals surface area (Å²) in [6.45, 7) is 0. The molecule has 0 aliphatic rings. The van der Waals surface area contributed by atoms with Crippen molar-refractivity contribution in [2.45, 2.75) is 0 Å². The van der Waals surface area contributed by atoms with Crippen LogP contribution in [0.1, 0.15) is 0 Å². The molecule has 0 saturated heterocycles. The minimum absolute atomic E-state index is 0.190. The Morgan fingerprint density at radius 1 is 1.40 bits per heavy atom. The topological polar surface area (TPSA) is 63.8 Å². The molecule has 0 spiro atoms. The number of rotatable bonds is 0. The van der Waals surface area contributed by atoms with Crippen molar-refractivity contribution in [3.63, 3.8) is 0 Å². The highest BCUT2D eigenvalue weighted by molar-refractivity contribution is 9.11. The van der Waals surface area contributed by atoms with E-state index in [0.717, 1.165) is 13.6 Å². The van der Waals surface area contributed by atoms with Gasteiger partial charge in [-0.25, -0.2) is 0 Å². The van der Waals surface area contributed by atoms with Gasteiger partial charge >= 0.3 is 0 Å². The predicted octanol–water partition coefficient (Wildman–Crippen LogP) is 2.30. The number of aromatic nitrogens is 2. The number of fused-ring (bicyclic) bond motifs is 1. The lowest BCUT2D eigenvalue weighted by Gasteiger charge is -2.04. The lowest BCUT2D eigenvalue weighted by Crippen LogP contribution is -2.28. The molecule has 3 N–H and O–H groups in total. The molecule has 0 fully saturated rings. The van der Waals surface area contributed by atoms with E-state index in [1.807, 2.05) is 6.07 Å². The summed E-state index contributed by atoms with van der Waals surface area (Å²) >= 11 is 11.6. The summed E-state index contributed by atoms with van der Waals surface area (Å²) < 4.78 is 2.66. The quantitative estimate of drug-likeness (QED) is 0.566. The Hall–Kier alpha value is -0.660. The third kappa shape index (κ3) is 1.75. The maximum atomic E-state index is 11.8. The second-order valence-electron chi connectivity index (χ2n) is 2.92. The Morgan fingerprint density at radius 3 is 2.73 bits per heavy atom. The highest BCUT2D eigenvalue weighted by Gasteiger charge is 2.07. The summed E-state index contributed by atoms with van der Waals surface area (Å²) in [4.78, 5) is 14.6. The Labute approximate surface area is 106 Å². The fourth-order valence-corrected chi connectivity index (χ4v) is 2.77. The Bertz CT molecular complexity index is 661.